The third-order valence-electron chi connectivity index (χ3n) is 1.61. The van der Waals surface area contributed by atoms with Crippen molar-refractivity contribution in [1.29, 1.82) is 0 Å². The van der Waals surface area contributed by atoms with Crippen LogP contribution in [0.5, 0.6) is 0 Å². The second-order valence-corrected chi connectivity index (χ2v) is 2.99. The summed E-state index contributed by atoms with van der Waals surface area (Å²) in [5, 5.41) is 5.84. The lowest BCUT2D eigenvalue weighted by molar-refractivity contribution is -0.115. The van der Waals surface area contributed by atoms with Crippen LogP contribution in [0.2, 0.25) is 0 Å². The molecule has 1 aromatic heterocycles. The first kappa shape index (κ1) is 10.4. The Morgan fingerprint density at radius 3 is 2.64 bits per heavy atom. The Morgan fingerprint density at radius 2 is 2.07 bits per heavy atom. The summed E-state index contributed by atoms with van der Waals surface area (Å²) in [5.74, 6) is 2.15. The molecule has 0 radical (unpaired) electrons. The lowest BCUT2D eigenvalue weighted by atomic mass is 10.4. The molecule has 0 aromatic carbocycles. The highest BCUT2D eigenvalue weighted by molar-refractivity contribution is 5.80. The molecule has 14 heavy (non-hydrogen) atoms. The lowest BCUT2D eigenvalue weighted by Gasteiger charge is -2.06. The van der Waals surface area contributed by atoms with Crippen LogP contribution >= 0.6 is 0 Å². The summed E-state index contributed by atoms with van der Waals surface area (Å²) in [6.45, 7) is 3.62. The van der Waals surface area contributed by atoms with Gasteiger partial charge in [-0.15, -0.1) is 0 Å². The zero-order valence-corrected chi connectivity index (χ0v) is 8.59. The Balaban J connectivity index is 2.76. The first-order chi connectivity index (χ1) is 6.61. The van der Waals surface area contributed by atoms with Crippen LogP contribution in [0.4, 0.5) is 11.6 Å². The molecule has 1 heterocycles. The van der Waals surface area contributed by atoms with Gasteiger partial charge in [-0.1, -0.05) is 0 Å². The summed E-state index contributed by atoms with van der Waals surface area (Å²) in [6, 6.07) is 1.76. The molecular weight excluding hydrogens is 180 g/mol. The Kier molecular flexibility index (Phi) is 3.39. The van der Waals surface area contributed by atoms with E-state index in [0.717, 1.165) is 5.82 Å². The van der Waals surface area contributed by atoms with Gasteiger partial charge in [-0.25, -0.2) is 9.97 Å². The van der Waals surface area contributed by atoms with Crippen molar-refractivity contribution >= 4 is 17.4 Å². The predicted octanol–water partition coefficient (Wildman–Crippen LogP) is 0.828. The minimum absolute atomic E-state index is 0.0762. The number of carbonyl (C=O) groups excluding carboxylic acids is 1. The van der Waals surface area contributed by atoms with Crippen LogP contribution in [-0.2, 0) is 4.79 Å². The van der Waals surface area contributed by atoms with Gasteiger partial charge in [-0.3, -0.25) is 4.79 Å². The fraction of sp³-hybridized carbons (Fsp3) is 0.444. The fourth-order valence-corrected chi connectivity index (χ4v) is 1.00. The molecule has 0 spiro atoms. The average molecular weight is 194 g/mol. The highest BCUT2D eigenvalue weighted by Crippen LogP contribution is 2.09. The Labute approximate surface area is 83.0 Å². The molecular formula is C9H14N4O. The molecule has 0 aliphatic rings. The van der Waals surface area contributed by atoms with Crippen LogP contribution in [0.25, 0.3) is 0 Å². The van der Waals surface area contributed by atoms with E-state index in [4.69, 9.17) is 0 Å². The molecule has 1 aromatic rings. The predicted molar refractivity (Wildman–Crippen MR) is 55.5 cm³/mol. The monoisotopic (exact) mass is 194 g/mol. The zero-order chi connectivity index (χ0) is 10.6. The molecule has 0 saturated carbocycles. The van der Waals surface area contributed by atoms with Gasteiger partial charge in [-0.2, -0.15) is 0 Å². The molecule has 5 heteroatoms. The van der Waals surface area contributed by atoms with Crippen LogP contribution in [0, 0.1) is 6.92 Å². The van der Waals surface area contributed by atoms with Crippen molar-refractivity contribution in [2.45, 2.75) is 13.8 Å². The number of aromatic nitrogens is 2. The smallest absolute Gasteiger partial charge is 0.148 e. The summed E-state index contributed by atoms with van der Waals surface area (Å²) >= 11 is 0. The van der Waals surface area contributed by atoms with E-state index in [0.29, 0.717) is 18.2 Å². The maximum atomic E-state index is 10.7. The zero-order valence-electron chi connectivity index (χ0n) is 8.59. The summed E-state index contributed by atoms with van der Waals surface area (Å²) in [7, 11) is 1.79. The number of nitrogens with zero attached hydrogens (tertiary/aromatic N) is 2. The number of aryl methyl sites for hydroxylation is 1. The van der Waals surface area contributed by atoms with Crippen molar-refractivity contribution in [3.05, 3.63) is 11.9 Å². The van der Waals surface area contributed by atoms with Crippen molar-refractivity contribution in [3.63, 3.8) is 0 Å². The first-order valence-corrected chi connectivity index (χ1v) is 4.38. The number of nitrogens with one attached hydrogen (secondary N) is 2. The summed E-state index contributed by atoms with van der Waals surface area (Å²) < 4.78 is 0. The van der Waals surface area contributed by atoms with Gasteiger partial charge >= 0.3 is 0 Å². The number of hydrogen-bond donors (Lipinski definition) is 2. The van der Waals surface area contributed by atoms with E-state index in [-0.39, 0.29) is 5.78 Å². The van der Waals surface area contributed by atoms with E-state index >= 15 is 0 Å². The molecule has 1 rings (SSSR count). The second kappa shape index (κ2) is 4.55. The van der Waals surface area contributed by atoms with Crippen LogP contribution in [0.1, 0.15) is 12.7 Å². The number of anilines is 2. The third-order valence-corrected chi connectivity index (χ3v) is 1.61. The van der Waals surface area contributed by atoms with Gasteiger partial charge < -0.3 is 10.6 Å². The van der Waals surface area contributed by atoms with Gasteiger partial charge in [-0.05, 0) is 13.8 Å². The third kappa shape index (κ3) is 3.01. The topological polar surface area (TPSA) is 66.9 Å². The van der Waals surface area contributed by atoms with Gasteiger partial charge in [0.25, 0.3) is 0 Å². The van der Waals surface area contributed by atoms with Gasteiger partial charge in [0.05, 0.1) is 6.54 Å². The molecule has 5 nitrogen and oxygen atoms in total. The van der Waals surface area contributed by atoms with Crippen LogP contribution in [-0.4, -0.2) is 29.3 Å². The molecule has 2 N–H and O–H groups in total. The summed E-state index contributed by atoms with van der Waals surface area (Å²) in [5.41, 5.74) is 0. The van der Waals surface area contributed by atoms with Gasteiger partial charge in [0.15, 0.2) is 0 Å². The maximum absolute atomic E-state index is 10.7. The van der Waals surface area contributed by atoms with E-state index in [1.165, 1.54) is 6.92 Å². The van der Waals surface area contributed by atoms with Gasteiger partial charge in [0.1, 0.15) is 23.2 Å². The largest absolute Gasteiger partial charge is 0.373 e. The molecule has 0 fully saturated rings. The number of ketones is 1. The average Bonchev–Trinajstić information content (AvgIpc) is 2.14. The second-order valence-electron chi connectivity index (χ2n) is 2.99. The SMILES string of the molecule is CNc1cc(NCC(C)=O)nc(C)n1. The molecule has 0 aliphatic carbocycles. The number of carbonyl (C=O) groups is 1. The Morgan fingerprint density at radius 1 is 1.43 bits per heavy atom. The molecule has 0 bridgehead atoms. The summed E-state index contributed by atoms with van der Waals surface area (Å²) in [6.07, 6.45) is 0. The van der Waals surface area contributed by atoms with Crippen molar-refractivity contribution in [2.75, 3.05) is 24.2 Å². The van der Waals surface area contributed by atoms with Crippen molar-refractivity contribution in [1.82, 2.24) is 9.97 Å². The standard InChI is InChI=1S/C9H14N4O/c1-6(14)5-11-9-4-8(10-3)12-7(2)13-9/h4H,5H2,1-3H3,(H2,10,11,12,13). The highest BCUT2D eigenvalue weighted by Gasteiger charge is 2.00. The van der Waals surface area contributed by atoms with Crippen LogP contribution < -0.4 is 10.6 Å². The van der Waals surface area contributed by atoms with Crippen LogP contribution in [0.15, 0.2) is 6.07 Å². The minimum atomic E-state index is 0.0762. The normalized spacial score (nSPS) is 9.64. The molecule has 76 valence electrons. The summed E-state index contributed by atoms with van der Waals surface area (Å²) in [4.78, 5) is 19.0. The van der Waals surface area contributed by atoms with Crippen molar-refractivity contribution in [2.24, 2.45) is 0 Å². The van der Waals surface area contributed by atoms with E-state index in [1.54, 1.807) is 20.0 Å². The lowest BCUT2D eigenvalue weighted by Crippen LogP contribution is -2.12. The van der Waals surface area contributed by atoms with Gasteiger partial charge in [0, 0.05) is 13.1 Å². The quantitative estimate of drug-likeness (QED) is 0.743. The van der Waals surface area contributed by atoms with E-state index in [2.05, 4.69) is 20.6 Å². The molecule has 0 aliphatic heterocycles. The van der Waals surface area contributed by atoms with Crippen molar-refractivity contribution in [3.8, 4) is 0 Å². The Hall–Kier alpha value is -1.65. The molecule has 0 amide bonds. The molecule has 0 unspecified atom stereocenters. The molecule has 0 atom stereocenters. The van der Waals surface area contributed by atoms with E-state index < -0.39 is 0 Å². The Bertz CT molecular complexity index is 338. The van der Waals surface area contributed by atoms with E-state index in [1.807, 2.05) is 0 Å². The number of Topliss-reactive ketones (excluding diaryl/α,β-unsaturated/α-hetero) is 1. The van der Waals surface area contributed by atoms with Crippen LogP contribution in [0.3, 0.4) is 0 Å². The number of hydrogen-bond acceptors (Lipinski definition) is 5. The molecule has 0 saturated heterocycles. The first-order valence-electron chi connectivity index (χ1n) is 4.38. The number of rotatable bonds is 4. The van der Waals surface area contributed by atoms with E-state index in [9.17, 15) is 4.79 Å². The highest BCUT2D eigenvalue weighted by atomic mass is 16.1. The maximum Gasteiger partial charge on any atom is 0.148 e. The fourth-order valence-electron chi connectivity index (χ4n) is 1.00. The van der Waals surface area contributed by atoms with Crippen molar-refractivity contribution < 1.29 is 4.79 Å². The minimum Gasteiger partial charge on any atom is -0.373 e. The van der Waals surface area contributed by atoms with Gasteiger partial charge in [0.2, 0.25) is 0 Å².